The van der Waals surface area contributed by atoms with Crippen LogP contribution in [-0.4, -0.2) is 79.0 Å². The predicted octanol–water partition coefficient (Wildman–Crippen LogP) is 1.53. The first-order chi connectivity index (χ1) is 13.7. The lowest BCUT2D eigenvalue weighted by atomic mass is 9.92. The maximum atomic E-state index is 12.8. The number of carbonyl (C=O) groups is 2. The first kappa shape index (κ1) is 19.4. The number of hydrogen-bond donors (Lipinski definition) is 0. The molecule has 2 amide bonds. The third-order valence-electron chi connectivity index (χ3n) is 6.38. The van der Waals surface area contributed by atoms with Gasteiger partial charge in [0.05, 0.1) is 19.8 Å². The highest BCUT2D eigenvalue weighted by Crippen LogP contribution is 2.24. The number of nitrogens with zero attached hydrogens (tertiary/aromatic N) is 3. The van der Waals surface area contributed by atoms with Gasteiger partial charge in [0.15, 0.2) is 0 Å². The largest absolute Gasteiger partial charge is 0.378 e. The highest BCUT2D eigenvalue weighted by atomic mass is 16.5. The molecule has 3 aliphatic rings. The summed E-state index contributed by atoms with van der Waals surface area (Å²) in [6.45, 7) is 6.64. The number of morpholine rings is 1. The second-order valence-electron chi connectivity index (χ2n) is 8.25. The maximum Gasteiger partial charge on any atom is 0.236 e. The number of rotatable bonds is 4. The first-order valence-corrected chi connectivity index (χ1v) is 10.6. The van der Waals surface area contributed by atoms with Crippen LogP contribution in [0.1, 0.15) is 30.4 Å². The smallest absolute Gasteiger partial charge is 0.236 e. The molecule has 0 unspecified atom stereocenters. The Labute approximate surface area is 167 Å². The molecule has 0 aliphatic carbocycles. The van der Waals surface area contributed by atoms with E-state index >= 15 is 0 Å². The van der Waals surface area contributed by atoms with E-state index in [-0.39, 0.29) is 11.8 Å². The molecule has 2 saturated heterocycles. The van der Waals surface area contributed by atoms with E-state index < -0.39 is 0 Å². The zero-order valence-corrected chi connectivity index (χ0v) is 16.6. The van der Waals surface area contributed by atoms with E-state index in [1.807, 2.05) is 9.80 Å². The van der Waals surface area contributed by atoms with E-state index in [1.165, 1.54) is 11.1 Å². The Morgan fingerprint density at radius 3 is 2.36 bits per heavy atom. The Kier molecular flexibility index (Phi) is 6.27. The number of hydrogen-bond acceptors (Lipinski definition) is 4. The molecular weight excluding hydrogens is 354 g/mol. The van der Waals surface area contributed by atoms with Crippen LogP contribution in [0.15, 0.2) is 24.3 Å². The molecule has 2 fully saturated rings. The minimum Gasteiger partial charge on any atom is -0.378 e. The summed E-state index contributed by atoms with van der Waals surface area (Å²) in [6.07, 6.45) is 3.62. The summed E-state index contributed by atoms with van der Waals surface area (Å²) in [5, 5.41) is 0. The van der Waals surface area contributed by atoms with Gasteiger partial charge in [-0.25, -0.2) is 0 Å². The molecule has 0 spiro atoms. The Hall–Kier alpha value is -1.92. The summed E-state index contributed by atoms with van der Waals surface area (Å²) < 4.78 is 5.32. The van der Waals surface area contributed by atoms with Crippen LogP contribution in [0.5, 0.6) is 0 Å². The molecule has 0 aromatic heterocycles. The second-order valence-corrected chi connectivity index (χ2v) is 8.25. The van der Waals surface area contributed by atoms with Crippen LogP contribution in [0.25, 0.3) is 0 Å². The van der Waals surface area contributed by atoms with E-state index in [4.69, 9.17) is 4.74 Å². The summed E-state index contributed by atoms with van der Waals surface area (Å²) in [5.74, 6) is 0.946. The van der Waals surface area contributed by atoms with Crippen molar-refractivity contribution < 1.29 is 14.3 Å². The van der Waals surface area contributed by atoms with Gasteiger partial charge in [0, 0.05) is 32.6 Å². The van der Waals surface area contributed by atoms with Gasteiger partial charge in [-0.1, -0.05) is 24.3 Å². The Bertz CT molecular complexity index is 694. The highest BCUT2D eigenvalue weighted by Gasteiger charge is 2.27. The van der Waals surface area contributed by atoms with Crippen molar-refractivity contribution in [2.75, 3.05) is 52.5 Å². The normalized spacial score (nSPS) is 21.4. The van der Waals surface area contributed by atoms with Crippen LogP contribution in [0.2, 0.25) is 0 Å². The van der Waals surface area contributed by atoms with Gasteiger partial charge in [0.2, 0.25) is 11.8 Å². The summed E-state index contributed by atoms with van der Waals surface area (Å²) in [7, 11) is 0. The summed E-state index contributed by atoms with van der Waals surface area (Å²) >= 11 is 0. The minimum atomic E-state index is 0.213. The van der Waals surface area contributed by atoms with Gasteiger partial charge in [-0.2, -0.15) is 0 Å². The molecule has 0 saturated carbocycles. The number of piperidine rings is 1. The number of benzene rings is 1. The van der Waals surface area contributed by atoms with Crippen molar-refractivity contribution in [2.24, 2.45) is 5.92 Å². The predicted molar refractivity (Wildman–Crippen MR) is 107 cm³/mol. The van der Waals surface area contributed by atoms with E-state index in [0.717, 1.165) is 45.4 Å². The van der Waals surface area contributed by atoms with Crippen molar-refractivity contribution in [1.82, 2.24) is 14.7 Å². The van der Waals surface area contributed by atoms with E-state index in [2.05, 4.69) is 29.2 Å². The van der Waals surface area contributed by atoms with Gasteiger partial charge in [-0.05, 0) is 49.4 Å². The number of amides is 2. The van der Waals surface area contributed by atoms with E-state index in [0.29, 0.717) is 45.2 Å². The molecule has 0 N–H and O–H groups in total. The van der Waals surface area contributed by atoms with Crippen LogP contribution < -0.4 is 0 Å². The standard InChI is InChI=1S/C22H31N3O3/c26-21(25-10-7-19-3-1-2-4-20(19)16-25)15-18-5-8-23(9-6-18)17-22(27)24-11-13-28-14-12-24/h1-4,18H,5-17H2. The van der Waals surface area contributed by atoms with E-state index in [1.54, 1.807) is 0 Å². The van der Waals surface area contributed by atoms with Crippen molar-refractivity contribution in [3.05, 3.63) is 35.4 Å². The average molecular weight is 386 g/mol. The lowest BCUT2D eigenvalue weighted by Gasteiger charge is -2.35. The summed E-state index contributed by atoms with van der Waals surface area (Å²) in [4.78, 5) is 31.4. The van der Waals surface area contributed by atoms with Gasteiger partial charge in [-0.15, -0.1) is 0 Å². The minimum absolute atomic E-state index is 0.213. The highest BCUT2D eigenvalue weighted by molar-refractivity contribution is 5.78. The molecule has 1 aromatic rings. The number of fused-ring (bicyclic) bond motifs is 1. The molecule has 6 nitrogen and oxygen atoms in total. The fourth-order valence-corrected chi connectivity index (χ4v) is 4.54. The topological polar surface area (TPSA) is 53.1 Å². The first-order valence-electron chi connectivity index (χ1n) is 10.6. The van der Waals surface area contributed by atoms with Crippen LogP contribution in [0, 0.1) is 5.92 Å². The third-order valence-corrected chi connectivity index (χ3v) is 6.38. The van der Waals surface area contributed by atoms with Crippen molar-refractivity contribution in [1.29, 1.82) is 0 Å². The average Bonchev–Trinajstić information content (AvgIpc) is 2.75. The summed E-state index contributed by atoms with van der Waals surface area (Å²) in [6, 6.07) is 8.44. The monoisotopic (exact) mass is 385 g/mol. The third kappa shape index (κ3) is 4.73. The SMILES string of the molecule is O=C(CN1CCC(CC(=O)N2CCc3ccccc3C2)CC1)N1CCOCC1. The van der Waals surface area contributed by atoms with Gasteiger partial charge in [-0.3, -0.25) is 14.5 Å². The molecule has 3 aliphatic heterocycles. The molecule has 6 heteroatoms. The van der Waals surface area contributed by atoms with Gasteiger partial charge >= 0.3 is 0 Å². The molecular formula is C22H31N3O3. The lowest BCUT2D eigenvalue weighted by Crippen LogP contribution is -2.47. The fourth-order valence-electron chi connectivity index (χ4n) is 4.54. The number of carbonyl (C=O) groups excluding carboxylic acids is 2. The molecule has 1 aromatic carbocycles. The molecule has 0 radical (unpaired) electrons. The van der Waals surface area contributed by atoms with Crippen molar-refractivity contribution in [2.45, 2.75) is 32.2 Å². The molecule has 152 valence electrons. The maximum absolute atomic E-state index is 12.8. The Morgan fingerprint density at radius 2 is 1.61 bits per heavy atom. The molecule has 28 heavy (non-hydrogen) atoms. The molecule has 0 atom stereocenters. The quantitative estimate of drug-likeness (QED) is 0.789. The van der Waals surface area contributed by atoms with E-state index in [9.17, 15) is 9.59 Å². The van der Waals surface area contributed by atoms with Crippen LogP contribution in [0.3, 0.4) is 0 Å². The Morgan fingerprint density at radius 1 is 0.893 bits per heavy atom. The number of likely N-dealkylation sites (tertiary alicyclic amines) is 1. The number of ether oxygens (including phenoxy) is 1. The Balaban J connectivity index is 1.20. The van der Waals surface area contributed by atoms with Crippen molar-refractivity contribution in [3.63, 3.8) is 0 Å². The molecule has 3 heterocycles. The van der Waals surface area contributed by atoms with Crippen LogP contribution in [0.4, 0.5) is 0 Å². The molecule has 4 rings (SSSR count). The van der Waals surface area contributed by atoms with Crippen molar-refractivity contribution in [3.8, 4) is 0 Å². The summed E-state index contributed by atoms with van der Waals surface area (Å²) in [5.41, 5.74) is 2.67. The van der Waals surface area contributed by atoms with Gasteiger partial charge in [0.25, 0.3) is 0 Å². The zero-order chi connectivity index (χ0) is 19.3. The van der Waals surface area contributed by atoms with Crippen LogP contribution >= 0.6 is 0 Å². The van der Waals surface area contributed by atoms with Crippen molar-refractivity contribution >= 4 is 11.8 Å². The lowest BCUT2D eigenvalue weighted by molar-refractivity contribution is -0.137. The zero-order valence-electron chi connectivity index (χ0n) is 16.6. The van der Waals surface area contributed by atoms with Gasteiger partial charge in [0.1, 0.15) is 0 Å². The second kappa shape index (κ2) is 9.05. The van der Waals surface area contributed by atoms with Crippen LogP contribution in [-0.2, 0) is 27.3 Å². The van der Waals surface area contributed by atoms with Gasteiger partial charge < -0.3 is 14.5 Å². The molecule has 0 bridgehead atoms. The fraction of sp³-hybridized carbons (Fsp3) is 0.636.